The molecule has 1 aromatic heterocycles. The average Bonchev–Trinajstić information content (AvgIpc) is 3.08. The van der Waals surface area contributed by atoms with Crippen molar-refractivity contribution in [1.29, 1.82) is 0 Å². The second-order valence-electron chi connectivity index (χ2n) is 6.23. The van der Waals surface area contributed by atoms with Gasteiger partial charge in [-0.05, 0) is 35.9 Å². The van der Waals surface area contributed by atoms with Crippen LogP contribution in [0.2, 0.25) is 0 Å². The second-order valence-corrected chi connectivity index (χ2v) is 7.15. The van der Waals surface area contributed by atoms with E-state index >= 15 is 0 Å². The highest BCUT2D eigenvalue weighted by atomic mass is 79.9. The number of halogens is 4. The first-order valence-electron chi connectivity index (χ1n) is 8.38. The maximum atomic E-state index is 12.6. The number of hydrogen-bond donors (Lipinski definition) is 1. The van der Waals surface area contributed by atoms with Crippen molar-refractivity contribution in [2.24, 2.45) is 0 Å². The molecule has 0 bridgehead atoms. The van der Waals surface area contributed by atoms with Crippen LogP contribution in [0.5, 0.6) is 5.88 Å². The Morgan fingerprint density at radius 3 is 2.75 bits per heavy atom. The van der Waals surface area contributed by atoms with Crippen LogP contribution in [0.1, 0.15) is 17.5 Å². The highest BCUT2D eigenvalue weighted by Crippen LogP contribution is 2.31. The van der Waals surface area contributed by atoms with Gasteiger partial charge in [-0.15, -0.1) is 0 Å². The third kappa shape index (κ3) is 5.03. The van der Waals surface area contributed by atoms with E-state index in [1.165, 1.54) is 12.1 Å². The number of carboxylic acids is 1. The molecule has 0 aliphatic carbocycles. The molecule has 2 aromatic rings. The Hall–Kier alpha value is -2.55. The van der Waals surface area contributed by atoms with Crippen LogP contribution in [0.15, 0.2) is 47.1 Å². The Balaban J connectivity index is 1.69. The van der Waals surface area contributed by atoms with Gasteiger partial charge in [0.05, 0.1) is 12.1 Å². The molecule has 0 saturated carbocycles. The van der Waals surface area contributed by atoms with Gasteiger partial charge in [0.1, 0.15) is 6.10 Å². The molecule has 1 saturated heterocycles. The fourth-order valence-electron chi connectivity index (χ4n) is 2.94. The summed E-state index contributed by atoms with van der Waals surface area (Å²) < 4.78 is 44.4. The Kier molecular flexibility index (Phi) is 5.93. The van der Waals surface area contributed by atoms with Gasteiger partial charge in [0, 0.05) is 41.5 Å². The van der Waals surface area contributed by atoms with E-state index in [0.717, 1.165) is 34.1 Å². The molecule has 0 spiro atoms. The maximum absolute atomic E-state index is 12.6. The first-order valence-corrected chi connectivity index (χ1v) is 9.17. The number of alkyl halides is 3. The fraction of sp³-hybridized carbons (Fsp3) is 0.263. The molecule has 1 N–H and O–H groups in total. The van der Waals surface area contributed by atoms with Crippen molar-refractivity contribution >= 4 is 33.7 Å². The fourth-order valence-corrected chi connectivity index (χ4v) is 3.32. The van der Waals surface area contributed by atoms with E-state index in [4.69, 9.17) is 9.84 Å². The van der Waals surface area contributed by atoms with Crippen LogP contribution in [-0.4, -0.2) is 35.3 Å². The number of carbonyl (C=O) groups is 1. The standard InChI is InChI=1S/C19H16BrF3N2O3/c20-14-3-4-16(12(9-14)1-6-18(26)27)25-8-7-15(11-25)28-17-5-2-13(10-24-17)19(21,22)23/h1-6,9-10,15H,7-8,11H2,(H,26,27)/b6-1+. The second kappa shape index (κ2) is 8.22. The first-order chi connectivity index (χ1) is 13.2. The van der Waals surface area contributed by atoms with E-state index in [1.54, 1.807) is 0 Å². The van der Waals surface area contributed by atoms with Crippen molar-refractivity contribution in [3.05, 3.63) is 58.2 Å². The summed E-state index contributed by atoms with van der Waals surface area (Å²) >= 11 is 3.37. The van der Waals surface area contributed by atoms with Crippen molar-refractivity contribution in [2.75, 3.05) is 18.0 Å². The summed E-state index contributed by atoms with van der Waals surface area (Å²) in [7, 11) is 0. The largest absolute Gasteiger partial charge is 0.478 e. The molecule has 1 atom stereocenters. The molecular weight excluding hydrogens is 441 g/mol. The Morgan fingerprint density at radius 2 is 2.11 bits per heavy atom. The zero-order valence-electron chi connectivity index (χ0n) is 14.5. The molecule has 1 aliphatic rings. The van der Waals surface area contributed by atoms with Crippen LogP contribution < -0.4 is 9.64 Å². The highest BCUT2D eigenvalue weighted by molar-refractivity contribution is 9.10. The van der Waals surface area contributed by atoms with E-state index in [-0.39, 0.29) is 12.0 Å². The van der Waals surface area contributed by atoms with Crippen molar-refractivity contribution in [1.82, 2.24) is 4.98 Å². The average molecular weight is 457 g/mol. The minimum atomic E-state index is -4.43. The van der Waals surface area contributed by atoms with Crippen molar-refractivity contribution in [3.8, 4) is 5.88 Å². The number of ether oxygens (including phenoxy) is 1. The molecule has 9 heteroatoms. The Morgan fingerprint density at radius 1 is 1.32 bits per heavy atom. The zero-order valence-corrected chi connectivity index (χ0v) is 16.1. The summed E-state index contributed by atoms with van der Waals surface area (Å²) in [5, 5.41) is 8.87. The van der Waals surface area contributed by atoms with Gasteiger partial charge in [-0.25, -0.2) is 9.78 Å². The molecule has 148 valence electrons. The van der Waals surface area contributed by atoms with E-state index in [2.05, 4.69) is 20.9 Å². The lowest BCUT2D eigenvalue weighted by Gasteiger charge is -2.21. The van der Waals surface area contributed by atoms with Gasteiger partial charge in [-0.3, -0.25) is 0 Å². The van der Waals surface area contributed by atoms with Crippen LogP contribution in [0.25, 0.3) is 6.08 Å². The number of carboxylic acid groups (broad SMARTS) is 1. The van der Waals surface area contributed by atoms with Crippen LogP contribution in [0.3, 0.4) is 0 Å². The molecule has 0 amide bonds. The Labute approximate surface area is 167 Å². The van der Waals surface area contributed by atoms with Gasteiger partial charge in [0.25, 0.3) is 0 Å². The molecule has 1 aromatic carbocycles. The van der Waals surface area contributed by atoms with Crippen molar-refractivity contribution in [2.45, 2.75) is 18.7 Å². The number of pyridine rings is 1. The predicted octanol–water partition coefficient (Wildman–Crippen LogP) is 4.62. The molecule has 1 unspecified atom stereocenters. The predicted molar refractivity (Wildman–Crippen MR) is 101 cm³/mol. The molecule has 5 nitrogen and oxygen atoms in total. The van der Waals surface area contributed by atoms with Gasteiger partial charge in [-0.1, -0.05) is 15.9 Å². The van der Waals surface area contributed by atoms with E-state index in [0.29, 0.717) is 19.5 Å². The van der Waals surface area contributed by atoms with E-state index in [1.807, 2.05) is 23.1 Å². The summed E-state index contributed by atoms with van der Waals surface area (Å²) in [6.45, 7) is 1.18. The van der Waals surface area contributed by atoms with Gasteiger partial charge < -0.3 is 14.7 Å². The molecule has 28 heavy (non-hydrogen) atoms. The minimum absolute atomic E-state index is 0.140. The lowest BCUT2D eigenvalue weighted by Crippen LogP contribution is -2.25. The molecule has 3 rings (SSSR count). The number of hydrogen-bond acceptors (Lipinski definition) is 4. The summed E-state index contributed by atoms with van der Waals surface area (Å²) in [6, 6.07) is 7.72. The van der Waals surface area contributed by atoms with Crippen LogP contribution >= 0.6 is 15.9 Å². The molecule has 2 heterocycles. The monoisotopic (exact) mass is 456 g/mol. The molecule has 1 fully saturated rings. The van der Waals surface area contributed by atoms with Gasteiger partial charge in [0.15, 0.2) is 0 Å². The number of aromatic nitrogens is 1. The third-order valence-corrected chi connectivity index (χ3v) is 4.73. The van der Waals surface area contributed by atoms with Gasteiger partial charge in [0.2, 0.25) is 5.88 Å². The molecular formula is C19H16BrF3N2O3. The van der Waals surface area contributed by atoms with Crippen molar-refractivity contribution < 1.29 is 27.8 Å². The zero-order chi connectivity index (χ0) is 20.3. The SMILES string of the molecule is O=C(O)/C=C/c1cc(Br)ccc1N1CCC(Oc2ccc(C(F)(F)F)cn2)C1. The topological polar surface area (TPSA) is 62.7 Å². The van der Waals surface area contributed by atoms with Crippen LogP contribution in [0.4, 0.5) is 18.9 Å². The summed E-state index contributed by atoms with van der Waals surface area (Å²) in [6.07, 6.45) is -0.650. The number of benzene rings is 1. The number of anilines is 1. The van der Waals surface area contributed by atoms with Crippen molar-refractivity contribution in [3.63, 3.8) is 0 Å². The quantitative estimate of drug-likeness (QED) is 0.665. The van der Waals surface area contributed by atoms with Gasteiger partial charge in [-0.2, -0.15) is 13.2 Å². The smallest absolute Gasteiger partial charge is 0.417 e. The van der Waals surface area contributed by atoms with Gasteiger partial charge >= 0.3 is 12.1 Å². The van der Waals surface area contributed by atoms with E-state index in [9.17, 15) is 18.0 Å². The highest BCUT2D eigenvalue weighted by Gasteiger charge is 2.31. The lowest BCUT2D eigenvalue weighted by atomic mass is 10.1. The number of nitrogens with zero attached hydrogens (tertiary/aromatic N) is 2. The minimum Gasteiger partial charge on any atom is -0.478 e. The molecule has 0 radical (unpaired) electrons. The number of rotatable bonds is 5. The first kappa shape index (κ1) is 20.2. The summed E-state index contributed by atoms with van der Waals surface area (Å²) in [5.74, 6) is -0.899. The van der Waals surface area contributed by atoms with E-state index < -0.39 is 17.7 Å². The molecule has 1 aliphatic heterocycles. The summed E-state index contributed by atoms with van der Waals surface area (Å²) in [5.41, 5.74) is 0.773. The number of aliphatic carboxylic acids is 1. The maximum Gasteiger partial charge on any atom is 0.417 e. The summed E-state index contributed by atoms with van der Waals surface area (Å²) in [4.78, 5) is 16.6. The Bertz CT molecular complexity index is 885. The van der Waals surface area contributed by atoms with Crippen LogP contribution in [-0.2, 0) is 11.0 Å². The normalized spacial score (nSPS) is 17.3. The third-order valence-electron chi connectivity index (χ3n) is 4.23. The lowest BCUT2D eigenvalue weighted by molar-refractivity contribution is -0.138. The van der Waals surface area contributed by atoms with Crippen LogP contribution in [0, 0.1) is 0 Å².